The number of fused-ring (bicyclic) bond motifs is 1. The van der Waals surface area contributed by atoms with Gasteiger partial charge in [0.2, 0.25) is 0 Å². The Morgan fingerprint density at radius 1 is 1.57 bits per heavy atom. The highest BCUT2D eigenvalue weighted by atomic mass is 16.3. The smallest absolute Gasteiger partial charge is 0.147 e. The van der Waals surface area contributed by atoms with E-state index in [2.05, 4.69) is 10.4 Å². The molecule has 0 aliphatic carbocycles. The van der Waals surface area contributed by atoms with E-state index in [1.165, 1.54) is 0 Å². The standard InChI is InChI=1S/C8H14N4O2/c9-6-1-11-12-3-8(4-13,5-14)2-10-7(6)12/h1,10,13-14H,2-5,9H2. The molecule has 0 aromatic carbocycles. The largest absolute Gasteiger partial charge is 0.396 e. The number of hydrogen-bond donors (Lipinski definition) is 4. The van der Waals surface area contributed by atoms with Crippen molar-refractivity contribution in [3.63, 3.8) is 0 Å². The van der Waals surface area contributed by atoms with Crippen LogP contribution in [0.3, 0.4) is 0 Å². The molecule has 1 aliphatic rings. The van der Waals surface area contributed by atoms with Crippen molar-refractivity contribution in [2.24, 2.45) is 5.41 Å². The lowest BCUT2D eigenvalue weighted by molar-refractivity contribution is 0.0427. The van der Waals surface area contributed by atoms with Crippen LogP contribution in [0.1, 0.15) is 0 Å². The summed E-state index contributed by atoms with van der Waals surface area (Å²) < 4.78 is 1.67. The number of anilines is 2. The molecule has 0 amide bonds. The Kier molecular flexibility index (Phi) is 2.09. The minimum Gasteiger partial charge on any atom is -0.396 e. The summed E-state index contributed by atoms with van der Waals surface area (Å²) in [5, 5.41) is 25.5. The quantitative estimate of drug-likeness (QED) is 0.482. The van der Waals surface area contributed by atoms with Crippen LogP contribution in [0, 0.1) is 5.41 Å². The number of nitrogens with two attached hydrogens (primary N) is 1. The van der Waals surface area contributed by atoms with E-state index < -0.39 is 5.41 Å². The molecule has 5 N–H and O–H groups in total. The normalized spacial score (nSPS) is 18.7. The molecule has 78 valence electrons. The highest BCUT2D eigenvalue weighted by molar-refractivity contribution is 5.61. The van der Waals surface area contributed by atoms with Crippen LogP contribution in [0.25, 0.3) is 0 Å². The van der Waals surface area contributed by atoms with Gasteiger partial charge in [0.05, 0.1) is 37.1 Å². The maximum atomic E-state index is 9.20. The Balaban J connectivity index is 2.29. The van der Waals surface area contributed by atoms with E-state index in [9.17, 15) is 10.2 Å². The molecule has 14 heavy (non-hydrogen) atoms. The lowest BCUT2D eigenvalue weighted by Gasteiger charge is -2.34. The second-order valence-electron chi connectivity index (χ2n) is 3.78. The fourth-order valence-electron chi connectivity index (χ4n) is 1.62. The first kappa shape index (κ1) is 9.29. The molecular formula is C8H14N4O2. The molecule has 0 saturated heterocycles. The number of hydrogen-bond acceptors (Lipinski definition) is 5. The maximum absolute atomic E-state index is 9.20. The van der Waals surface area contributed by atoms with E-state index >= 15 is 0 Å². The van der Waals surface area contributed by atoms with Crippen LogP contribution in [0.2, 0.25) is 0 Å². The SMILES string of the molecule is Nc1cnn2c1NCC(CO)(CO)C2. The van der Waals surface area contributed by atoms with Gasteiger partial charge in [0.1, 0.15) is 5.82 Å². The average molecular weight is 198 g/mol. The van der Waals surface area contributed by atoms with Gasteiger partial charge >= 0.3 is 0 Å². The van der Waals surface area contributed by atoms with Crippen LogP contribution in [0.4, 0.5) is 11.5 Å². The Bertz CT molecular complexity index is 332. The van der Waals surface area contributed by atoms with Gasteiger partial charge in [-0.15, -0.1) is 0 Å². The van der Waals surface area contributed by atoms with Gasteiger partial charge in [0, 0.05) is 6.54 Å². The summed E-state index contributed by atoms with van der Waals surface area (Å²) in [7, 11) is 0. The van der Waals surface area contributed by atoms with Gasteiger partial charge in [-0.05, 0) is 0 Å². The summed E-state index contributed by atoms with van der Waals surface area (Å²) in [5.74, 6) is 0.766. The maximum Gasteiger partial charge on any atom is 0.147 e. The van der Waals surface area contributed by atoms with Gasteiger partial charge < -0.3 is 21.3 Å². The third-order valence-electron chi connectivity index (χ3n) is 2.65. The summed E-state index contributed by atoms with van der Waals surface area (Å²) in [4.78, 5) is 0. The van der Waals surface area contributed by atoms with Crippen molar-refractivity contribution in [1.29, 1.82) is 0 Å². The Morgan fingerprint density at radius 2 is 2.29 bits per heavy atom. The molecule has 0 fully saturated rings. The van der Waals surface area contributed by atoms with Crippen molar-refractivity contribution in [2.45, 2.75) is 6.54 Å². The molecule has 0 spiro atoms. The van der Waals surface area contributed by atoms with Crippen LogP contribution >= 0.6 is 0 Å². The number of aliphatic hydroxyl groups is 2. The van der Waals surface area contributed by atoms with Crippen LogP contribution in [-0.4, -0.2) is 39.8 Å². The van der Waals surface area contributed by atoms with Crippen molar-refractivity contribution >= 4 is 11.5 Å². The number of aromatic nitrogens is 2. The lowest BCUT2D eigenvalue weighted by Crippen LogP contribution is -2.45. The molecule has 1 aromatic heterocycles. The topological polar surface area (TPSA) is 96.3 Å². The summed E-state index contributed by atoms with van der Waals surface area (Å²) in [6, 6.07) is 0. The Hall–Kier alpha value is -1.27. The van der Waals surface area contributed by atoms with E-state index in [1.807, 2.05) is 0 Å². The molecule has 0 atom stereocenters. The van der Waals surface area contributed by atoms with Crippen LogP contribution in [0.15, 0.2) is 6.20 Å². The van der Waals surface area contributed by atoms with Gasteiger partial charge in [-0.25, -0.2) is 4.68 Å². The average Bonchev–Trinajstić information content (AvgIpc) is 2.59. The van der Waals surface area contributed by atoms with E-state index in [4.69, 9.17) is 5.73 Å². The van der Waals surface area contributed by atoms with Crippen molar-refractivity contribution in [1.82, 2.24) is 9.78 Å². The molecule has 6 nitrogen and oxygen atoms in total. The minimum atomic E-state index is -0.536. The molecule has 0 saturated carbocycles. The molecule has 1 aliphatic heterocycles. The molecular weight excluding hydrogens is 184 g/mol. The molecule has 6 heteroatoms. The van der Waals surface area contributed by atoms with E-state index in [0.29, 0.717) is 18.8 Å². The van der Waals surface area contributed by atoms with Crippen molar-refractivity contribution in [2.75, 3.05) is 30.8 Å². The summed E-state index contributed by atoms with van der Waals surface area (Å²) in [6.07, 6.45) is 1.56. The van der Waals surface area contributed by atoms with Crippen molar-refractivity contribution in [3.8, 4) is 0 Å². The number of nitrogens with one attached hydrogen (secondary N) is 1. The minimum absolute atomic E-state index is 0.0737. The number of aliphatic hydroxyl groups excluding tert-OH is 2. The zero-order valence-corrected chi connectivity index (χ0v) is 7.77. The van der Waals surface area contributed by atoms with Crippen LogP contribution in [0.5, 0.6) is 0 Å². The van der Waals surface area contributed by atoms with E-state index in [0.717, 1.165) is 5.82 Å². The predicted octanol–water partition coefficient (Wildman–Crippen LogP) is -1.14. The monoisotopic (exact) mass is 198 g/mol. The number of rotatable bonds is 2. The summed E-state index contributed by atoms with van der Waals surface area (Å²) in [6.45, 7) is 0.848. The molecule has 2 heterocycles. The highest BCUT2D eigenvalue weighted by Crippen LogP contribution is 2.29. The van der Waals surface area contributed by atoms with Crippen molar-refractivity contribution in [3.05, 3.63) is 6.20 Å². The Labute approximate surface area is 81.3 Å². The first-order valence-corrected chi connectivity index (χ1v) is 4.48. The third-order valence-corrected chi connectivity index (χ3v) is 2.65. The van der Waals surface area contributed by atoms with Crippen LogP contribution < -0.4 is 11.1 Å². The fourth-order valence-corrected chi connectivity index (χ4v) is 1.62. The molecule has 0 bridgehead atoms. The first-order chi connectivity index (χ1) is 6.71. The van der Waals surface area contributed by atoms with Crippen LogP contribution in [-0.2, 0) is 6.54 Å². The van der Waals surface area contributed by atoms with Gasteiger partial charge in [0.15, 0.2) is 0 Å². The molecule has 1 aromatic rings. The first-order valence-electron chi connectivity index (χ1n) is 4.48. The van der Waals surface area contributed by atoms with Gasteiger partial charge in [-0.3, -0.25) is 0 Å². The molecule has 2 rings (SSSR count). The highest BCUT2D eigenvalue weighted by Gasteiger charge is 2.34. The Morgan fingerprint density at radius 3 is 2.93 bits per heavy atom. The van der Waals surface area contributed by atoms with E-state index in [-0.39, 0.29) is 13.2 Å². The lowest BCUT2D eigenvalue weighted by atomic mass is 9.89. The summed E-state index contributed by atoms with van der Waals surface area (Å²) in [5.41, 5.74) is 5.72. The zero-order valence-electron chi connectivity index (χ0n) is 7.77. The summed E-state index contributed by atoms with van der Waals surface area (Å²) >= 11 is 0. The number of nitrogens with zero attached hydrogens (tertiary/aromatic N) is 2. The fraction of sp³-hybridized carbons (Fsp3) is 0.625. The third kappa shape index (κ3) is 1.23. The second-order valence-corrected chi connectivity index (χ2v) is 3.78. The van der Waals surface area contributed by atoms with Gasteiger partial charge in [-0.1, -0.05) is 0 Å². The molecule has 0 unspecified atom stereocenters. The van der Waals surface area contributed by atoms with Gasteiger partial charge in [-0.2, -0.15) is 5.10 Å². The van der Waals surface area contributed by atoms with E-state index in [1.54, 1.807) is 10.9 Å². The molecule has 0 radical (unpaired) electrons. The van der Waals surface area contributed by atoms with Crippen molar-refractivity contribution < 1.29 is 10.2 Å². The second kappa shape index (κ2) is 3.14. The zero-order chi connectivity index (χ0) is 10.2. The number of nitrogen functional groups attached to an aromatic ring is 1. The van der Waals surface area contributed by atoms with Gasteiger partial charge in [0.25, 0.3) is 0 Å². The predicted molar refractivity (Wildman–Crippen MR) is 51.7 cm³/mol.